The molecule has 3 N–H and O–H groups in total. The highest BCUT2D eigenvalue weighted by molar-refractivity contribution is 5.84. The Kier molecular flexibility index (Phi) is 3.15. The average molecular weight is 309 g/mol. The van der Waals surface area contributed by atoms with Crippen LogP contribution in [-0.2, 0) is 19.9 Å². The van der Waals surface area contributed by atoms with Crippen LogP contribution in [0.25, 0.3) is 11.0 Å². The topological polar surface area (TPSA) is 70.3 Å². The van der Waals surface area contributed by atoms with Gasteiger partial charge in [-0.2, -0.15) is 0 Å². The Morgan fingerprint density at radius 2 is 1.87 bits per heavy atom. The number of nitrogens with one attached hydrogen (secondary N) is 1. The second-order valence-electron chi connectivity index (χ2n) is 6.09. The summed E-state index contributed by atoms with van der Waals surface area (Å²) in [5, 5.41) is 23.4. The minimum atomic E-state index is -0.148. The Morgan fingerprint density at radius 1 is 1.04 bits per heavy atom. The van der Waals surface area contributed by atoms with Gasteiger partial charge in [0.05, 0.1) is 0 Å². The maximum atomic E-state index is 9.59. The lowest BCUT2D eigenvalue weighted by molar-refractivity contribution is 0.404. The van der Waals surface area contributed by atoms with Crippen molar-refractivity contribution < 1.29 is 10.2 Å². The van der Waals surface area contributed by atoms with Crippen molar-refractivity contribution in [3.8, 4) is 11.5 Å². The molecule has 23 heavy (non-hydrogen) atoms. The predicted molar refractivity (Wildman–Crippen MR) is 90.4 cm³/mol. The first-order chi connectivity index (χ1) is 11.1. The maximum absolute atomic E-state index is 9.59. The number of phenolic OH excluding ortho intramolecular Hbond substituents is 2. The normalized spacial score (nSPS) is 14.0. The van der Waals surface area contributed by atoms with Gasteiger partial charge in [-0.05, 0) is 55.5 Å². The molecule has 3 aromatic rings. The zero-order valence-electron chi connectivity index (χ0n) is 13.0. The molecule has 2 aromatic heterocycles. The van der Waals surface area contributed by atoms with Gasteiger partial charge in [0.1, 0.15) is 11.5 Å². The lowest BCUT2D eigenvalue weighted by Gasteiger charge is -2.12. The van der Waals surface area contributed by atoms with Crippen molar-refractivity contribution >= 4 is 22.5 Å². The number of aromatic hydroxyl groups is 2. The van der Waals surface area contributed by atoms with Crippen LogP contribution in [0.2, 0.25) is 0 Å². The summed E-state index contributed by atoms with van der Waals surface area (Å²) in [6, 6.07) is 8.72. The van der Waals surface area contributed by atoms with Gasteiger partial charge in [0.15, 0.2) is 11.5 Å². The Labute approximate surface area is 134 Å². The molecule has 0 spiro atoms. The van der Waals surface area contributed by atoms with Gasteiger partial charge in [0.25, 0.3) is 0 Å². The maximum Gasteiger partial charge on any atom is 0.159 e. The molecule has 1 aliphatic carbocycles. The minimum absolute atomic E-state index is 0.130. The molecule has 0 atom stereocenters. The molecule has 0 bridgehead atoms. The van der Waals surface area contributed by atoms with E-state index in [1.54, 1.807) is 6.07 Å². The first kappa shape index (κ1) is 13.9. The fourth-order valence-electron chi connectivity index (χ4n) is 3.44. The van der Waals surface area contributed by atoms with E-state index in [1.807, 2.05) is 6.07 Å². The fraction of sp³-hybridized carbons (Fsp3) is 0.278. The summed E-state index contributed by atoms with van der Waals surface area (Å²) < 4.78 is 2.20. The highest BCUT2D eigenvalue weighted by Crippen LogP contribution is 2.32. The van der Waals surface area contributed by atoms with Crippen molar-refractivity contribution in [2.24, 2.45) is 7.05 Å². The highest BCUT2D eigenvalue weighted by atomic mass is 16.3. The predicted octanol–water partition coefficient (Wildman–Crippen LogP) is 3.61. The molecule has 0 saturated carbocycles. The molecule has 5 nitrogen and oxygen atoms in total. The summed E-state index contributed by atoms with van der Waals surface area (Å²) in [5.74, 6) is 0.444. The van der Waals surface area contributed by atoms with Gasteiger partial charge in [-0.15, -0.1) is 0 Å². The molecule has 0 saturated heterocycles. The number of fused-ring (bicyclic) bond motifs is 3. The second-order valence-corrected chi connectivity index (χ2v) is 6.09. The van der Waals surface area contributed by atoms with Gasteiger partial charge >= 0.3 is 0 Å². The Balaban J connectivity index is 1.74. The van der Waals surface area contributed by atoms with E-state index in [0.717, 1.165) is 24.3 Å². The van der Waals surface area contributed by atoms with E-state index in [0.29, 0.717) is 5.69 Å². The number of nitrogens with zero attached hydrogens (tertiary/aromatic N) is 2. The molecule has 0 fully saturated rings. The molecule has 5 heteroatoms. The number of anilines is 2. The lowest BCUT2D eigenvalue weighted by atomic mass is 9.96. The van der Waals surface area contributed by atoms with Crippen molar-refractivity contribution in [1.29, 1.82) is 0 Å². The summed E-state index contributed by atoms with van der Waals surface area (Å²) in [5.41, 5.74) is 4.52. The van der Waals surface area contributed by atoms with Crippen LogP contribution in [-0.4, -0.2) is 19.8 Å². The Hall–Kier alpha value is -2.69. The number of phenols is 2. The highest BCUT2D eigenvalue weighted by Gasteiger charge is 2.19. The molecule has 118 valence electrons. The summed E-state index contributed by atoms with van der Waals surface area (Å²) in [6.07, 6.45) is 4.75. The molecular formula is C18H19N3O2. The quantitative estimate of drug-likeness (QED) is 0.499. The van der Waals surface area contributed by atoms with Crippen molar-refractivity contribution in [2.45, 2.75) is 25.7 Å². The molecule has 1 aromatic carbocycles. The lowest BCUT2D eigenvalue weighted by Crippen LogP contribution is -2.05. The van der Waals surface area contributed by atoms with Gasteiger partial charge in [-0.1, -0.05) is 0 Å². The third-order valence-corrected chi connectivity index (χ3v) is 4.61. The fourth-order valence-corrected chi connectivity index (χ4v) is 3.44. The molecule has 0 radical (unpaired) electrons. The number of aryl methyl sites for hydroxylation is 2. The van der Waals surface area contributed by atoms with Crippen LogP contribution in [0.3, 0.4) is 0 Å². The Morgan fingerprint density at radius 3 is 2.70 bits per heavy atom. The van der Waals surface area contributed by atoms with Gasteiger partial charge in [0.2, 0.25) is 0 Å². The average Bonchev–Trinajstić information content (AvgIpc) is 2.84. The van der Waals surface area contributed by atoms with Crippen LogP contribution >= 0.6 is 0 Å². The number of aromatic nitrogens is 2. The van der Waals surface area contributed by atoms with E-state index in [4.69, 9.17) is 4.98 Å². The number of hydrogen-bond donors (Lipinski definition) is 3. The van der Waals surface area contributed by atoms with Gasteiger partial charge in [-0.25, -0.2) is 4.98 Å². The number of benzene rings is 1. The van der Waals surface area contributed by atoms with E-state index < -0.39 is 0 Å². The summed E-state index contributed by atoms with van der Waals surface area (Å²) >= 11 is 0. The second kappa shape index (κ2) is 5.19. The smallest absolute Gasteiger partial charge is 0.159 e. The monoisotopic (exact) mass is 309 g/mol. The first-order valence-corrected chi connectivity index (χ1v) is 7.89. The zero-order chi connectivity index (χ0) is 16.0. The molecule has 1 aliphatic rings. The van der Waals surface area contributed by atoms with E-state index in [-0.39, 0.29) is 11.5 Å². The van der Waals surface area contributed by atoms with Crippen molar-refractivity contribution in [3.63, 3.8) is 0 Å². The van der Waals surface area contributed by atoms with Crippen molar-refractivity contribution in [1.82, 2.24) is 9.55 Å². The molecule has 0 unspecified atom stereocenters. The van der Waals surface area contributed by atoms with Gasteiger partial charge < -0.3 is 20.1 Å². The van der Waals surface area contributed by atoms with E-state index in [1.165, 1.54) is 41.6 Å². The standard InChI is InChI=1S/C18H19N3O2/c1-21-14-5-3-2-4-12(14)13-7-9-17(20-18(13)21)19-11-6-8-15(22)16(23)10-11/h6-10,22-23H,2-5H2,1H3,(H,19,20). The number of hydrogen-bond acceptors (Lipinski definition) is 4. The molecule has 2 heterocycles. The Bertz CT molecular complexity index is 899. The molecule has 4 rings (SSSR count). The summed E-state index contributed by atoms with van der Waals surface area (Å²) in [6.45, 7) is 0. The zero-order valence-corrected chi connectivity index (χ0v) is 13.0. The van der Waals surface area contributed by atoms with Gasteiger partial charge in [-0.3, -0.25) is 0 Å². The minimum Gasteiger partial charge on any atom is -0.504 e. The summed E-state index contributed by atoms with van der Waals surface area (Å²) in [4.78, 5) is 4.73. The van der Waals surface area contributed by atoms with Gasteiger partial charge in [0, 0.05) is 29.9 Å². The van der Waals surface area contributed by atoms with E-state index in [2.05, 4.69) is 23.0 Å². The number of rotatable bonds is 2. The molecule has 0 aliphatic heterocycles. The number of pyridine rings is 1. The molecule has 0 amide bonds. The largest absolute Gasteiger partial charge is 0.504 e. The van der Waals surface area contributed by atoms with Crippen LogP contribution in [0.5, 0.6) is 11.5 Å². The van der Waals surface area contributed by atoms with Crippen LogP contribution in [0.1, 0.15) is 24.1 Å². The third kappa shape index (κ3) is 2.29. The van der Waals surface area contributed by atoms with Crippen LogP contribution in [0, 0.1) is 0 Å². The first-order valence-electron chi connectivity index (χ1n) is 7.89. The third-order valence-electron chi connectivity index (χ3n) is 4.61. The van der Waals surface area contributed by atoms with E-state index in [9.17, 15) is 10.2 Å². The van der Waals surface area contributed by atoms with Crippen molar-refractivity contribution in [3.05, 3.63) is 41.6 Å². The molecular weight excluding hydrogens is 290 g/mol. The summed E-state index contributed by atoms with van der Waals surface area (Å²) in [7, 11) is 2.08. The van der Waals surface area contributed by atoms with Crippen LogP contribution < -0.4 is 5.32 Å². The van der Waals surface area contributed by atoms with Crippen LogP contribution in [0.15, 0.2) is 30.3 Å². The van der Waals surface area contributed by atoms with Crippen molar-refractivity contribution in [2.75, 3.05) is 5.32 Å². The SMILES string of the molecule is Cn1c2c(c3ccc(Nc4ccc(O)c(O)c4)nc31)CCCC2. The van der Waals surface area contributed by atoms with Crippen LogP contribution in [0.4, 0.5) is 11.5 Å². The van der Waals surface area contributed by atoms with E-state index >= 15 is 0 Å².